The molecule has 0 aromatic heterocycles. The molecule has 0 radical (unpaired) electrons. The summed E-state index contributed by atoms with van der Waals surface area (Å²) in [4.78, 5) is 1.67. The molecular formula is C12H14ClF3N2O. The Hall–Kier alpha value is -1.14. The molecule has 3 nitrogen and oxygen atoms in total. The van der Waals surface area contributed by atoms with E-state index in [0.717, 1.165) is 0 Å². The SMILES string of the molecule is COc1cc(N2CCNC(C(F)(F)F)C2)ccc1Cl. The Morgan fingerprint density at radius 2 is 2.16 bits per heavy atom. The summed E-state index contributed by atoms with van der Waals surface area (Å²) in [5.74, 6) is 0.459. The van der Waals surface area contributed by atoms with Crippen molar-refractivity contribution >= 4 is 17.3 Å². The number of hydrogen-bond acceptors (Lipinski definition) is 3. The number of nitrogens with one attached hydrogen (secondary N) is 1. The third-order valence-corrected chi connectivity index (χ3v) is 3.38. The van der Waals surface area contributed by atoms with Crippen molar-refractivity contribution in [2.45, 2.75) is 12.2 Å². The molecule has 7 heteroatoms. The molecule has 2 rings (SSSR count). The predicted octanol–water partition coefficient (Wildman–Crippen LogP) is 2.69. The van der Waals surface area contributed by atoms with Crippen LogP contribution in [0.25, 0.3) is 0 Å². The van der Waals surface area contributed by atoms with Gasteiger partial charge in [-0.05, 0) is 12.1 Å². The predicted molar refractivity (Wildman–Crippen MR) is 68.1 cm³/mol. The molecule has 1 N–H and O–H groups in total. The fraction of sp³-hybridized carbons (Fsp3) is 0.500. The van der Waals surface area contributed by atoms with Gasteiger partial charge in [-0.2, -0.15) is 13.2 Å². The molecule has 0 bridgehead atoms. The lowest BCUT2D eigenvalue weighted by Gasteiger charge is -2.36. The zero-order chi connectivity index (χ0) is 14.0. The third kappa shape index (κ3) is 3.25. The molecule has 19 heavy (non-hydrogen) atoms. The number of benzene rings is 1. The van der Waals surface area contributed by atoms with Gasteiger partial charge in [0.1, 0.15) is 11.8 Å². The number of halogens is 4. The summed E-state index contributed by atoms with van der Waals surface area (Å²) in [7, 11) is 1.47. The quantitative estimate of drug-likeness (QED) is 0.908. The number of piperazine rings is 1. The number of ether oxygens (including phenoxy) is 1. The lowest BCUT2D eigenvalue weighted by atomic mass is 10.1. The average molecular weight is 295 g/mol. The third-order valence-electron chi connectivity index (χ3n) is 3.07. The number of anilines is 1. The van der Waals surface area contributed by atoms with E-state index in [9.17, 15) is 13.2 Å². The average Bonchev–Trinajstić information content (AvgIpc) is 2.38. The Bertz CT molecular complexity index is 453. The van der Waals surface area contributed by atoms with Crippen LogP contribution in [0.3, 0.4) is 0 Å². The van der Waals surface area contributed by atoms with Crippen LogP contribution in [0.2, 0.25) is 5.02 Å². The van der Waals surface area contributed by atoms with Gasteiger partial charge in [0.2, 0.25) is 0 Å². The van der Waals surface area contributed by atoms with Gasteiger partial charge in [-0.3, -0.25) is 0 Å². The van der Waals surface area contributed by atoms with E-state index in [1.165, 1.54) is 7.11 Å². The molecule has 0 aliphatic carbocycles. The van der Waals surface area contributed by atoms with Crippen LogP contribution in [0.1, 0.15) is 0 Å². The maximum atomic E-state index is 12.7. The second kappa shape index (κ2) is 5.46. The molecule has 1 fully saturated rings. The van der Waals surface area contributed by atoms with Crippen LogP contribution in [0.5, 0.6) is 5.75 Å². The van der Waals surface area contributed by atoms with Gasteiger partial charge in [-0.25, -0.2) is 0 Å². The summed E-state index contributed by atoms with van der Waals surface area (Å²) < 4.78 is 43.2. The molecule has 1 atom stereocenters. The molecule has 0 amide bonds. The van der Waals surface area contributed by atoms with Gasteiger partial charge < -0.3 is 15.0 Å². The molecule has 0 spiro atoms. The van der Waals surface area contributed by atoms with E-state index in [1.807, 2.05) is 0 Å². The van der Waals surface area contributed by atoms with Gasteiger partial charge in [0.25, 0.3) is 0 Å². The summed E-state index contributed by atoms with van der Waals surface area (Å²) >= 11 is 5.90. The first-order valence-corrected chi connectivity index (χ1v) is 6.18. The highest BCUT2D eigenvalue weighted by molar-refractivity contribution is 6.32. The van der Waals surface area contributed by atoms with Crippen molar-refractivity contribution in [3.8, 4) is 5.75 Å². The molecule has 1 aliphatic rings. The van der Waals surface area contributed by atoms with E-state index < -0.39 is 12.2 Å². The van der Waals surface area contributed by atoms with Gasteiger partial charge in [0, 0.05) is 31.4 Å². The topological polar surface area (TPSA) is 24.5 Å². The van der Waals surface area contributed by atoms with Gasteiger partial charge in [-0.15, -0.1) is 0 Å². The van der Waals surface area contributed by atoms with Crippen molar-refractivity contribution in [3.63, 3.8) is 0 Å². The summed E-state index contributed by atoms with van der Waals surface area (Å²) in [6.07, 6.45) is -4.24. The molecule has 1 aromatic rings. The number of methoxy groups -OCH3 is 1. The molecule has 106 valence electrons. The molecular weight excluding hydrogens is 281 g/mol. The minimum absolute atomic E-state index is 0.117. The van der Waals surface area contributed by atoms with E-state index in [-0.39, 0.29) is 13.1 Å². The minimum atomic E-state index is -4.24. The maximum absolute atomic E-state index is 12.7. The van der Waals surface area contributed by atoms with E-state index in [4.69, 9.17) is 16.3 Å². The first kappa shape index (κ1) is 14.3. The molecule has 1 heterocycles. The van der Waals surface area contributed by atoms with E-state index in [2.05, 4.69) is 5.32 Å². The monoisotopic (exact) mass is 294 g/mol. The Kier molecular flexibility index (Phi) is 4.10. The van der Waals surface area contributed by atoms with Crippen molar-refractivity contribution in [1.82, 2.24) is 5.32 Å². The van der Waals surface area contributed by atoms with Gasteiger partial charge in [0.05, 0.1) is 12.1 Å². The molecule has 1 aliphatic heterocycles. The lowest BCUT2D eigenvalue weighted by Crippen LogP contribution is -2.57. The number of hydrogen-bond donors (Lipinski definition) is 1. The summed E-state index contributed by atoms with van der Waals surface area (Å²) in [5, 5.41) is 2.91. The number of rotatable bonds is 2. The zero-order valence-electron chi connectivity index (χ0n) is 10.3. The summed E-state index contributed by atoms with van der Waals surface area (Å²) in [6.45, 7) is 0.681. The highest BCUT2D eigenvalue weighted by Gasteiger charge is 2.42. The van der Waals surface area contributed by atoms with Crippen molar-refractivity contribution < 1.29 is 17.9 Å². The second-order valence-electron chi connectivity index (χ2n) is 4.31. The van der Waals surface area contributed by atoms with E-state index in [1.54, 1.807) is 23.1 Å². The van der Waals surface area contributed by atoms with E-state index in [0.29, 0.717) is 23.0 Å². The van der Waals surface area contributed by atoms with Crippen molar-refractivity contribution in [2.24, 2.45) is 0 Å². The summed E-state index contributed by atoms with van der Waals surface area (Å²) in [5.41, 5.74) is 0.678. The van der Waals surface area contributed by atoms with Crippen LogP contribution in [-0.2, 0) is 0 Å². The van der Waals surface area contributed by atoms with Crippen LogP contribution in [-0.4, -0.2) is 39.0 Å². The Balaban J connectivity index is 2.17. The van der Waals surface area contributed by atoms with Gasteiger partial charge in [0.15, 0.2) is 0 Å². The van der Waals surface area contributed by atoms with Crippen LogP contribution >= 0.6 is 11.6 Å². The minimum Gasteiger partial charge on any atom is -0.495 e. The molecule has 1 unspecified atom stereocenters. The van der Waals surface area contributed by atoms with Crippen LogP contribution in [0, 0.1) is 0 Å². The van der Waals surface area contributed by atoms with Crippen LogP contribution < -0.4 is 15.0 Å². The highest BCUT2D eigenvalue weighted by Crippen LogP contribution is 2.31. The van der Waals surface area contributed by atoms with Crippen LogP contribution in [0.15, 0.2) is 18.2 Å². The smallest absolute Gasteiger partial charge is 0.405 e. The summed E-state index contributed by atoms with van der Waals surface area (Å²) in [6, 6.07) is 3.47. The van der Waals surface area contributed by atoms with Crippen molar-refractivity contribution in [1.29, 1.82) is 0 Å². The fourth-order valence-corrected chi connectivity index (χ4v) is 2.24. The van der Waals surface area contributed by atoms with Crippen LogP contribution in [0.4, 0.5) is 18.9 Å². The Morgan fingerprint density at radius 1 is 1.42 bits per heavy atom. The largest absolute Gasteiger partial charge is 0.495 e. The number of alkyl halides is 3. The maximum Gasteiger partial charge on any atom is 0.405 e. The lowest BCUT2D eigenvalue weighted by molar-refractivity contribution is -0.155. The van der Waals surface area contributed by atoms with E-state index >= 15 is 0 Å². The normalized spacial score (nSPS) is 20.5. The zero-order valence-corrected chi connectivity index (χ0v) is 11.1. The number of nitrogens with zero attached hydrogens (tertiary/aromatic N) is 1. The van der Waals surface area contributed by atoms with Gasteiger partial charge in [-0.1, -0.05) is 11.6 Å². The second-order valence-corrected chi connectivity index (χ2v) is 4.72. The first-order chi connectivity index (χ1) is 8.91. The van der Waals surface area contributed by atoms with Crippen molar-refractivity contribution in [3.05, 3.63) is 23.2 Å². The first-order valence-electron chi connectivity index (χ1n) is 5.80. The fourth-order valence-electron chi connectivity index (χ4n) is 2.05. The van der Waals surface area contributed by atoms with Gasteiger partial charge >= 0.3 is 6.18 Å². The molecule has 1 aromatic carbocycles. The Morgan fingerprint density at radius 3 is 2.79 bits per heavy atom. The van der Waals surface area contributed by atoms with Crippen molar-refractivity contribution in [2.75, 3.05) is 31.6 Å². The molecule has 1 saturated heterocycles. The molecule has 0 saturated carbocycles. The standard InChI is InChI=1S/C12H14ClF3N2O/c1-19-10-6-8(2-3-9(10)13)18-5-4-17-11(7-18)12(14,15)16/h2-3,6,11,17H,4-5,7H2,1H3. The Labute approximate surface area is 114 Å². The highest BCUT2D eigenvalue weighted by atomic mass is 35.5.